The van der Waals surface area contributed by atoms with Crippen molar-refractivity contribution in [1.29, 1.82) is 5.26 Å². The number of amides is 1. The zero-order chi connectivity index (χ0) is 14.4. The number of aliphatic hydroxyl groups excluding tert-OH is 1. The summed E-state index contributed by atoms with van der Waals surface area (Å²) >= 11 is 11.6. The van der Waals surface area contributed by atoms with E-state index in [9.17, 15) is 9.90 Å². The quantitative estimate of drug-likeness (QED) is 0.878. The second-order valence-electron chi connectivity index (χ2n) is 4.08. The molecule has 0 aliphatic carbocycles. The minimum atomic E-state index is -1.40. The van der Waals surface area contributed by atoms with Gasteiger partial charge in [-0.2, -0.15) is 5.26 Å². The fourth-order valence-electron chi connectivity index (χ4n) is 1.59. The van der Waals surface area contributed by atoms with Gasteiger partial charge in [-0.25, -0.2) is 0 Å². The van der Waals surface area contributed by atoms with Crippen molar-refractivity contribution < 1.29 is 9.90 Å². The van der Waals surface area contributed by atoms with E-state index < -0.39 is 18.1 Å². The summed E-state index contributed by atoms with van der Waals surface area (Å²) in [5.41, 5.74) is 0.295. The maximum atomic E-state index is 11.8. The van der Waals surface area contributed by atoms with Gasteiger partial charge in [-0.3, -0.25) is 4.79 Å². The molecular formula is C13H14Cl2N2O2. The Morgan fingerprint density at radius 1 is 1.42 bits per heavy atom. The first-order chi connectivity index (χ1) is 8.97. The molecule has 0 saturated carbocycles. The number of carbonyl (C=O) groups excluding carboxylic acids is 1. The Morgan fingerprint density at radius 3 is 2.47 bits per heavy atom. The van der Waals surface area contributed by atoms with Gasteiger partial charge in [0, 0.05) is 10.0 Å². The maximum Gasteiger partial charge on any atom is 0.254 e. The number of carbonyl (C=O) groups is 1. The summed E-state index contributed by atoms with van der Waals surface area (Å²) in [6.45, 7) is 1.91. The van der Waals surface area contributed by atoms with E-state index in [1.165, 1.54) is 18.2 Å². The van der Waals surface area contributed by atoms with Gasteiger partial charge in [0.05, 0.1) is 6.07 Å². The fraction of sp³-hybridized carbons (Fsp3) is 0.385. The number of aliphatic hydroxyl groups is 1. The molecule has 2 N–H and O–H groups in total. The summed E-state index contributed by atoms with van der Waals surface area (Å²) in [5, 5.41) is 21.9. The molecule has 0 spiro atoms. The van der Waals surface area contributed by atoms with Crippen LogP contribution < -0.4 is 5.32 Å². The van der Waals surface area contributed by atoms with Crippen LogP contribution in [0.5, 0.6) is 0 Å². The number of halogens is 2. The molecule has 2 atom stereocenters. The largest absolute Gasteiger partial charge is 0.378 e. The average molecular weight is 301 g/mol. The van der Waals surface area contributed by atoms with Crippen LogP contribution in [0.1, 0.15) is 31.4 Å². The van der Waals surface area contributed by atoms with E-state index in [2.05, 4.69) is 5.32 Å². The molecule has 0 radical (unpaired) electrons. The van der Waals surface area contributed by atoms with Gasteiger partial charge >= 0.3 is 0 Å². The highest BCUT2D eigenvalue weighted by Gasteiger charge is 2.21. The monoisotopic (exact) mass is 300 g/mol. The molecule has 0 aliphatic rings. The first kappa shape index (κ1) is 15.8. The number of nitriles is 1. The molecule has 4 nitrogen and oxygen atoms in total. The predicted molar refractivity (Wildman–Crippen MR) is 73.9 cm³/mol. The van der Waals surface area contributed by atoms with Crippen molar-refractivity contribution in [3.05, 3.63) is 33.8 Å². The first-order valence-electron chi connectivity index (χ1n) is 5.82. The van der Waals surface area contributed by atoms with Gasteiger partial charge in [-0.1, -0.05) is 36.5 Å². The van der Waals surface area contributed by atoms with E-state index in [4.69, 9.17) is 28.5 Å². The molecule has 0 bridgehead atoms. The minimum Gasteiger partial charge on any atom is -0.378 e. The lowest BCUT2D eigenvalue weighted by molar-refractivity contribution is -0.130. The van der Waals surface area contributed by atoms with E-state index in [0.717, 1.165) is 6.42 Å². The Kier molecular flexibility index (Phi) is 6.10. The lowest BCUT2D eigenvalue weighted by atomic mass is 10.1. The van der Waals surface area contributed by atoms with Crippen LogP contribution in [0.15, 0.2) is 18.2 Å². The molecule has 0 heterocycles. The molecular weight excluding hydrogens is 287 g/mol. The van der Waals surface area contributed by atoms with Crippen molar-refractivity contribution >= 4 is 29.1 Å². The number of rotatable bonds is 5. The minimum absolute atomic E-state index is 0.295. The van der Waals surface area contributed by atoms with E-state index in [0.29, 0.717) is 22.0 Å². The average Bonchev–Trinajstić information content (AvgIpc) is 2.35. The second-order valence-corrected chi connectivity index (χ2v) is 4.96. The summed E-state index contributed by atoms with van der Waals surface area (Å²) in [7, 11) is 0. The lowest BCUT2D eigenvalue weighted by Gasteiger charge is -2.15. The zero-order valence-electron chi connectivity index (χ0n) is 10.4. The Hall–Kier alpha value is -1.28. The van der Waals surface area contributed by atoms with E-state index in [1.807, 2.05) is 13.0 Å². The normalized spacial score (nSPS) is 13.4. The topological polar surface area (TPSA) is 73.1 Å². The standard InChI is InChI=1S/C13H14Cl2N2O2/c1-2-3-11(7-16)17-13(19)12(18)8-4-9(14)6-10(15)5-8/h4-6,11-12,18H,2-3H2,1H3,(H,17,19). The first-order valence-corrected chi connectivity index (χ1v) is 6.57. The summed E-state index contributed by atoms with van der Waals surface area (Å²) < 4.78 is 0. The van der Waals surface area contributed by atoms with Crippen LogP contribution in [0.3, 0.4) is 0 Å². The van der Waals surface area contributed by atoms with E-state index >= 15 is 0 Å². The smallest absolute Gasteiger partial charge is 0.254 e. The highest BCUT2D eigenvalue weighted by atomic mass is 35.5. The Bertz CT molecular complexity index is 480. The van der Waals surface area contributed by atoms with Gasteiger partial charge in [-0.05, 0) is 30.2 Å². The Balaban J connectivity index is 2.79. The molecule has 19 heavy (non-hydrogen) atoms. The fourth-order valence-corrected chi connectivity index (χ4v) is 2.14. The zero-order valence-corrected chi connectivity index (χ0v) is 11.9. The maximum absolute atomic E-state index is 11.8. The second kappa shape index (κ2) is 7.34. The predicted octanol–water partition coefficient (Wildman–Crippen LogP) is 2.84. The number of nitrogens with one attached hydrogen (secondary N) is 1. The number of hydrogen-bond donors (Lipinski definition) is 2. The Morgan fingerprint density at radius 2 is 2.00 bits per heavy atom. The summed E-state index contributed by atoms with van der Waals surface area (Å²) in [5.74, 6) is -0.640. The molecule has 1 rings (SSSR count). The molecule has 0 aromatic heterocycles. The molecule has 2 unspecified atom stereocenters. The molecule has 1 amide bonds. The Labute approximate surface area is 121 Å². The summed E-state index contributed by atoms with van der Waals surface area (Å²) in [6.07, 6.45) is -0.105. The van der Waals surface area contributed by atoms with Gasteiger partial charge in [-0.15, -0.1) is 0 Å². The number of benzene rings is 1. The third kappa shape index (κ3) is 4.71. The van der Waals surface area contributed by atoms with Gasteiger partial charge < -0.3 is 10.4 Å². The van der Waals surface area contributed by atoms with Gasteiger partial charge in [0.1, 0.15) is 6.04 Å². The molecule has 1 aromatic rings. The molecule has 0 saturated heterocycles. The summed E-state index contributed by atoms with van der Waals surface area (Å²) in [4.78, 5) is 11.8. The van der Waals surface area contributed by atoms with Crippen molar-refractivity contribution in [2.45, 2.75) is 31.9 Å². The van der Waals surface area contributed by atoms with Crippen LogP contribution in [-0.2, 0) is 4.79 Å². The van der Waals surface area contributed by atoms with Crippen LogP contribution in [0, 0.1) is 11.3 Å². The van der Waals surface area contributed by atoms with Crippen LogP contribution >= 0.6 is 23.2 Å². The van der Waals surface area contributed by atoms with Gasteiger partial charge in [0.2, 0.25) is 0 Å². The molecule has 6 heteroatoms. The van der Waals surface area contributed by atoms with Crippen LogP contribution in [0.4, 0.5) is 0 Å². The van der Waals surface area contributed by atoms with Crippen molar-refractivity contribution in [2.75, 3.05) is 0 Å². The molecule has 102 valence electrons. The van der Waals surface area contributed by atoms with Crippen molar-refractivity contribution in [1.82, 2.24) is 5.32 Å². The number of hydrogen-bond acceptors (Lipinski definition) is 3. The van der Waals surface area contributed by atoms with Crippen LogP contribution in [0.2, 0.25) is 10.0 Å². The van der Waals surface area contributed by atoms with E-state index in [-0.39, 0.29) is 0 Å². The molecule has 0 fully saturated rings. The summed E-state index contributed by atoms with van der Waals surface area (Å²) in [6, 6.07) is 5.78. The van der Waals surface area contributed by atoms with Crippen molar-refractivity contribution in [2.24, 2.45) is 0 Å². The molecule has 0 aliphatic heterocycles. The van der Waals surface area contributed by atoms with Gasteiger partial charge in [0.25, 0.3) is 5.91 Å². The van der Waals surface area contributed by atoms with Crippen molar-refractivity contribution in [3.8, 4) is 6.07 Å². The van der Waals surface area contributed by atoms with Crippen LogP contribution in [0.25, 0.3) is 0 Å². The highest BCUT2D eigenvalue weighted by molar-refractivity contribution is 6.34. The SMILES string of the molecule is CCCC(C#N)NC(=O)C(O)c1cc(Cl)cc(Cl)c1. The molecule has 1 aromatic carbocycles. The van der Waals surface area contributed by atoms with E-state index in [1.54, 1.807) is 0 Å². The lowest BCUT2D eigenvalue weighted by Crippen LogP contribution is -2.37. The van der Waals surface area contributed by atoms with Crippen molar-refractivity contribution in [3.63, 3.8) is 0 Å². The van der Waals surface area contributed by atoms with Gasteiger partial charge in [0.15, 0.2) is 6.10 Å². The van der Waals surface area contributed by atoms with Crippen LogP contribution in [-0.4, -0.2) is 17.1 Å². The highest BCUT2D eigenvalue weighted by Crippen LogP contribution is 2.23. The third-order valence-electron chi connectivity index (χ3n) is 2.50. The third-order valence-corrected chi connectivity index (χ3v) is 2.94. The number of nitrogens with zero attached hydrogens (tertiary/aromatic N) is 1.